The molecule has 3 unspecified atom stereocenters. The van der Waals surface area contributed by atoms with Crippen LogP contribution in [0.2, 0.25) is 18.6 Å². The summed E-state index contributed by atoms with van der Waals surface area (Å²) in [5, 5.41) is 0. The van der Waals surface area contributed by atoms with Gasteiger partial charge in [0.25, 0.3) is 0 Å². The Labute approximate surface area is 102 Å². The first-order valence-corrected chi connectivity index (χ1v) is 8.83. The molecule has 1 aliphatic heterocycles. The molecule has 2 aliphatic rings. The lowest BCUT2D eigenvalue weighted by Gasteiger charge is -2.36. The van der Waals surface area contributed by atoms with Gasteiger partial charge in [-0.2, -0.15) is 0 Å². The van der Waals surface area contributed by atoms with Crippen LogP contribution in [0.4, 0.5) is 0 Å². The van der Waals surface area contributed by atoms with Crippen molar-refractivity contribution >= 4 is 20.3 Å². The van der Waals surface area contributed by atoms with Crippen LogP contribution < -0.4 is 0 Å². The van der Waals surface area contributed by atoms with E-state index in [4.69, 9.17) is 9.16 Å². The van der Waals surface area contributed by atoms with Crippen molar-refractivity contribution in [3.05, 3.63) is 11.6 Å². The SMILES string of the molecule is CO[Si](C)(C)C1C=C(C)CC2C(=O)OC(=O)C21. The Bertz CT molecular complexity index is 399. The molecule has 1 aliphatic carbocycles. The van der Waals surface area contributed by atoms with Crippen molar-refractivity contribution in [3.8, 4) is 0 Å². The number of ether oxygens (including phenoxy) is 1. The predicted molar refractivity (Wildman–Crippen MR) is 64.7 cm³/mol. The van der Waals surface area contributed by atoms with Crippen molar-refractivity contribution in [1.82, 2.24) is 0 Å². The number of allylic oxidation sites excluding steroid dienone is 2. The molecule has 0 N–H and O–H groups in total. The van der Waals surface area contributed by atoms with Gasteiger partial charge in [0.15, 0.2) is 8.32 Å². The van der Waals surface area contributed by atoms with E-state index in [0.29, 0.717) is 6.42 Å². The topological polar surface area (TPSA) is 52.6 Å². The van der Waals surface area contributed by atoms with Crippen molar-refractivity contribution < 1.29 is 18.8 Å². The normalized spacial score (nSPS) is 33.2. The van der Waals surface area contributed by atoms with Crippen LogP contribution in [-0.2, 0) is 18.8 Å². The molecule has 0 aromatic rings. The van der Waals surface area contributed by atoms with Crippen LogP contribution >= 0.6 is 0 Å². The summed E-state index contributed by atoms with van der Waals surface area (Å²) in [5.74, 6) is -1.35. The minimum absolute atomic E-state index is 0.0326. The summed E-state index contributed by atoms with van der Waals surface area (Å²) in [6.45, 7) is 6.14. The Balaban J connectivity index is 2.40. The monoisotopic (exact) mass is 254 g/mol. The van der Waals surface area contributed by atoms with Crippen LogP contribution in [0.1, 0.15) is 13.3 Å². The number of fused-ring (bicyclic) bond motifs is 1. The maximum atomic E-state index is 11.8. The zero-order valence-corrected chi connectivity index (χ0v) is 11.6. The molecule has 0 spiro atoms. The highest BCUT2D eigenvalue weighted by Crippen LogP contribution is 2.47. The van der Waals surface area contributed by atoms with Crippen LogP contribution in [0.15, 0.2) is 11.6 Å². The molecule has 4 nitrogen and oxygen atoms in total. The lowest BCUT2D eigenvalue weighted by Crippen LogP contribution is -2.43. The number of carbonyl (C=O) groups excluding carboxylic acids is 2. The summed E-state index contributed by atoms with van der Waals surface area (Å²) in [4.78, 5) is 23.4. The standard InChI is InChI=1S/C12H18O4Si/c1-7-5-8-10(12(14)16-11(8)13)9(6-7)17(3,4)15-2/h6,8-10H,5H2,1-4H3. The molecule has 0 radical (unpaired) electrons. The average Bonchev–Trinajstić information content (AvgIpc) is 2.53. The van der Waals surface area contributed by atoms with E-state index in [1.807, 2.05) is 6.92 Å². The van der Waals surface area contributed by atoms with Crippen molar-refractivity contribution in [2.24, 2.45) is 11.8 Å². The van der Waals surface area contributed by atoms with Gasteiger partial charge >= 0.3 is 11.9 Å². The predicted octanol–water partition coefficient (Wildman–Crippen LogP) is 1.87. The Kier molecular flexibility index (Phi) is 2.99. The van der Waals surface area contributed by atoms with Crippen LogP contribution in [0.5, 0.6) is 0 Å². The fourth-order valence-electron chi connectivity index (χ4n) is 2.76. The number of hydrogen-bond donors (Lipinski definition) is 0. The minimum Gasteiger partial charge on any atom is -0.420 e. The molecular weight excluding hydrogens is 236 g/mol. The molecule has 0 amide bonds. The molecule has 0 bridgehead atoms. The van der Waals surface area contributed by atoms with E-state index in [-0.39, 0.29) is 29.3 Å². The molecular formula is C12H18O4Si. The molecule has 1 saturated heterocycles. The van der Waals surface area contributed by atoms with E-state index in [0.717, 1.165) is 5.57 Å². The number of cyclic esters (lactones) is 2. The number of hydrogen-bond acceptors (Lipinski definition) is 4. The van der Waals surface area contributed by atoms with Gasteiger partial charge in [0.05, 0.1) is 11.8 Å². The molecule has 17 heavy (non-hydrogen) atoms. The minimum atomic E-state index is -2.00. The molecule has 2 rings (SSSR count). The summed E-state index contributed by atoms with van der Waals surface area (Å²) >= 11 is 0. The number of carbonyl (C=O) groups is 2. The Morgan fingerprint density at radius 2 is 2.00 bits per heavy atom. The van der Waals surface area contributed by atoms with E-state index in [2.05, 4.69) is 19.2 Å². The maximum absolute atomic E-state index is 11.8. The van der Waals surface area contributed by atoms with Gasteiger partial charge in [-0.1, -0.05) is 11.6 Å². The third kappa shape index (κ3) is 1.97. The highest BCUT2D eigenvalue weighted by molar-refractivity contribution is 6.73. The van der Waals surface area contributed by atoms with Crippen molar-refractivity contribution in [2.75, 3.05) is 7.11 Å². The van der Waals surface area contributed by atoms with Crippen molar-refractivity contribution in [1.29, 1.82) is 0 Å². The Morgan fingerprint density at radius 1 is 1.35 bits per heavy atom. The second kappa shape index (κ2) is 4.06. The lowest BCUT2D eigenvalue weighted by molar-refractivity contribution is -0.153. The van der Waals surface area contributed by atoms with Gasteiger partial charge in [-0.3, -0.25) is 9.59 Å². The number of rotatable bonds is 2. The fourth-order valence-corrected chi connectivity index (χ4v) is 4.95. The third-order valence-corrected chi connectivity index (χ3v) is 7.11. The molecule has 0 aromatic heterocycles. The van der Waals surface area contributed by atoms with Crippen LogP contribution in [-0.4, -0.2) is 27.4 Å². The molecule has 5 heteroatoms. The van der Waals surface area contributed by atoms with Gasteiger partial charge in [0.2, 0.25) is 0 Å². The molecule has 1 fully saturated rings. The van der Waals surface area contributed by atoms with E-state index in [1.54, 1.807) is 7.11 Å². The second-order valence-electron chi connectivity index (χ2n) is 5.42. The lowest BCUT2D eigenvalue weighted by atomic mass is 9.81. The quantitative estimate of drug-likeness (QED) is 0.327. The average molecular weight is 254 g/mol. The van der Waals surface area contributed by atoms with Gasteiger partial charge in [-0.25, -0.2) is 0 Å². The largest absolute Gasteiger partial charge is 0.420 e. The molecule has 3 atom stereocenters. The zero-order valence-electron chi connectivity index (χ0n) is 10.6. The van der Waals surface area contributed by atoms with Crippen molar-refractivity contribution in [2.45, 2.75) is 32.0 Å². The van der Waals surface area contributed by atoms with Gasteiger partial charge in [0, 0.05) is 12.7 Å². The first-order valence-electron chi connectivity index (χ1n) is 5.85. The third-order valence-electron chi connectivity index (χ3n) is 3.93. The first kappa shape index (κ1) is 12.5. The van der Waals surface area contributed by atoms with E-state index in [1.165, 1.54) is 0 Å². The van der Waals surface area contributed by atoms with Crippen LogP contribution in [0, 0.1) is 11.8 Å². The van der Waals surface area contributed by atoms with Gasteiger partial charge in [-0.05, 0) is 26.4 Å². The summed E-state index contributed by atoms with van der Waals surface area (Å²) < 4.78 is 10.4. The Morgan fingerprint density at radius 3 is 2.59 bits per heavy atom. The second-order valence-corrected chi connectivity index (χ2v) is 9.70. The van der Waals surface area contributed by atoms with E-state index >= 15 is 0 Å². The molecule has 94 valence electrons. The summed E-state index contributed by atoms with van der Waals surface area (Å²) in [6, 6.07) is 0. The highest BCUT2D eigenvalue weighted by atomic mass is 28.4. The summed E-state index contributed by atoms with van der Waals surface area (Å²) in [7, 11) is -0.323. The molecule has 1 heterocycles. The van der Waals surface area contributed by atoms with Crippen molar-refractivity contribution in [3.63, 3.8) is 0 Å². The number of esters is 2. The Hall–Kier alpha value is -0.943. The van der Waals surface area contributed by atoms with Crippen LogP contribution in [0.25, 0.3) is 0 Å². The fraction of sp³-hybridized carbons (Fsp3) is 0.667. The van der Waals surface area contributed by atoms with Gasteiger partial charge < -0.3 is 9.16 Å². The van der Waals surface area contributed by atoms with E-state index in [9.17, 15) is 9.59 Å². The van der Waals surface area contributed by atoms with Crippen LogP contribution in [0.3, 0.4) is 0 Å². The van der Waals surface area contributed by atoms with E-state index < -0.39 is 8.32 Å². The maximum Gasteiger partial charge on any atom is 0.317 e. The highest BCUT2D eigenvalue weighted by Gasteiger charge is 2.54. The first-order chi connectivity index (χ1) is 7.86. The summed E-state index contributed by atoms with van der Waals surface area (Å²) in [6.07, 6.45) is 2.75. The molecule has 0 saturated carbocycles. The van der Waals surface area contributed by atoms with Gasteiger partial charge in [0.1, 0.15) is 0 Å². The smallest absolute Gasteiger partial charge is 0.317 e. The van der Waals surface area contributed by atoms with Gasteiger partial charge in [-0.15, -0.1) is 0 Å². The summed E-state index contributed by atoms with van der Waals surface area (Å²) in [5.41, 5.74) is 1.19. The zero-order chi connectivity index (χ0) is 12.8. The molecule has 0 aromatic carbocycles.